The van der Waals surface area contributed by atoms with Gasteiger partial charge in [0.2, 0.25) is 0 Å². The molecule has 0 spiro atoms. The van der Waals surface area contributed by atoms with Gasteiger partial charge in [0.25, 0.3) is 0 Å². The molecule has 0 aromatic heterocycles. The van der Waals surface area contributed by atoms with Gasteiger partial charge in [-0.25, -0.2) is 0 Å². The van der Waals surface area contributed by atoms with Crippen molar-refractivity contribution in [2.24, 2.45) is 35.3 Å². The highest BCUT2D eigenvalue weighted by atomic mass is 14.6. The van der Waals surface area contributed by atoms with Crippen LogP contribution in [0.25, 0.3) is 0 Å². The van der Waals surface area contributed by atoms with Gasteiger partial charge in [0.15, 0.2) is 0 Å². The Morgan fingerprint density at radius 3 is 2.33 bits per heavy atom. The van der Waals surface area contributed by atoms with Crippen LogP contribution >= 0.6 is 0 Å². The van der Waals surface area contributed by atoms with Crippen molar-refractivity contribution in [2.75, 3.05) is 6.54 Å². The zero-order valence-corrected chi connectivity index (χ0v) is 7.71. The Hall–Kier alpha value is -0.0400. The van der Waals surface area contributed by atoms with Gasteiger partial charge < -0.3 is 5.73 Å². The van der Waals surface area contributed by atoms with Crippen molar-refractivity contribution >= 4 is 0 Å². The SMILES string of the molecule is NCC1CC2CC3CCC2CC13. The monoisotopic (exact) mass is 165 g/mol. The molecule has 0 saturated heterocycles. The molecule has 0 aromatic rings. The van der Waals surface area contributed by atoms with Crippen LogP contribution in [-0.2, 0) is 0 Å². The third-order valence-corrected chi connectivity index (χ3v) is 4.87. The lowest BCUT2D eigenvalue weighted by atomic mass is 9.50. The molecule has 0 radical (unpaired) electrons. The Kier molecular flexibility index (Phi) is 1.52. The van der Waals surface area contributed by atoms with Gasteiger partial charge in [-0.1, -0.05) is 0 Å². The van der Waals surface area contributed by atoms with E-state index in [1.807, 2.05) is 0 Å². The second-order valence-electron chi connectivity index (χ2n) is 5.22. The van der Waals surface area contributed by atoms with E-state index in [0.717, 1.165) is 36.1 Å². The van der Waals surface area contributed by atoms with Gasteiger partial charge in [0, 0.05) is 0 Å². The second kappa shape index (κ2) is 2.47. The van der Waals surface area contributed by atoms with Gasteiger partial charge >= 0.3 is 0 Å². The summed E-state index contributed by atoms with van der Waals surface area (Å²) in [6.45, 7) is 0.963. The molecule has 5 rings (SSSR count). The predicted octanol–water partition coefficient (Wildman–Crippen LogP) is 2.02. The summed E-state index contributed by atoms with van der Waals surface area (Å²) >= 11 is 0. The van der Waals surface area contributed by atoms with Crippen LogP contribution in [0.4, 0.5) is 0 Å². The molecule has 0 heterocycles. The van der Waals surface area contributed by atoms with Crippen molar-refractivity contribution in [3.63, 3.8) is 0 Å². The smallest absolute Gasteiger partial charge is 0.00460 e. The Balaban J connectivity index is 1.86. The van der Waals surface area contributed by atoms with Crippen LogP contribution in [0.5, 0.6) is 0 Å². The van der Waals surface area contributed by atoms with E-state index in [2.05, 4.69) is 0 Å². The van der Waals surface area contributed by atoms with Gasteiger partial charge in [-0.05, 0) is 68.2 Å². The lowest BCUT2D eigenvalue weighted by molar-refractivity contribution is -0.0555. The van der Waals surface area contributed by atoms with Crippen LogP contribution in [0.1, 0.15) is 32.1 Å². The van der Waals surface area contributed by atoms with Crippen LogP contribution in [0.3, 0.4) is 0 Å². The third kappa shape index (κ3) is 0.834. The van der Waals surface area contributed by atoms with E-state index in [0.29, 0.717) is 0 Å². The molecule has 5 saturated carbocycles. The molecule has 0 aliphatic heterocycles. The molecule has 0 aromatic carbocycles. The maximum Gasteiger partial charge on any atom is -0.00460 e. The van der Waals surface area contributed by atoms with Crippen molar-refractivity contribution in [3.05, 3.63) is 0 Å². The van der Waals surface area contributed by atoms with E-state index in [1.54, 1.807) is 12.8 Å². The molecule has 5 fully saturated rings. The first-order chi connectivity index (χ1) is 5.88. The highest BCUT2D eigenvalue weighted by Gasteiger charge is 2.49. The van der Waals surface area contributed by atoms with Crippen LogP contribution in [0.15, 0.2) is 0 Å². The quantitative estimate of drug-likeness (QED) is 0.632. The minimum Gasteiger partial charge on any atom is -0.330 e. The van der Waals surface area contributed by atoms with Crippen molar-refractivity contribution in [2.45, 2.75) is 32.1 Å². The second-order valence-corrected chi connectivity index (χ2v) is 5.22. The summed E-state index contributed by atoms with van der Waals surface area (Å²) in [5.41, 5.74) is 5.82. The fourth-order valence-corrected chi connectivity index (χ4v) is 4.30. The van der Waals surface area contributed by atoms with Crippen molar-refractivity contribution in [1.29, 1.82) is 0 Å². The summed E-state index contributed by atoms with van der Waals surface area (Å²) in [5.74, 6) is 5.23. The number of hydrogen-bond donors (Lipinski definition) is 1. The molecular formula is C11H19N. The van der Waals surface area contributed by atoms with Gasteiger partial charge in [0.05, 0.1) is 0 Å². The molecule has 2 N–H and O–H groups in total. The zero-order chi connectivity index (χ0) is 8.13. The number of fused-ring (bicyclic) bond motifs is 2. The van der Waals surface area contributed by atoms with Crippen molar-refractivity contribution in [1.82, 2.24) is 0 Å². The topological polar surface area (TPSA) is 26.0 Å². The summed E-state index contributed by atoms with van der Waals surface area (Å²) < 4.78 is 0. The lowest BCUT2D eigenvalue weighted by Crippen LogP contribution is -2.49. The molecule has 5 unspecified atom stereocenters. The number of rotatable bonds is 1. The van der Waals surface area contributed by atoms with Crippen LogP contribution in [0.2, 0.25) is 0 Å². The molecule has 12 heavy (non-hydrogen) atoms. The van der Waals surface area contributed by atoms with E-state index in [9.17, 15) is 0 Å². The highest BCUT2D eigenvalue weighted by molar-refractivity contribution is 4.99. The molecule has 0 amide bonds. The van der Waals surface area contributed by atoms with Gasteiger partial charge in [-0.2, -0.15) is 0 Å². The molecule has 4 bridgehead atoms. The first kappa shape index (κ1) is 7.37. The van der Waals surface area contributed by atoms with Crippen molar-refractivity contribution < 1.29 is 0 Å². The standard InChI is InChI=1S/C11H19N/c12-6-10-4-9-3-8-2-1-7(9)5-11(8)10/h7-11H,1-6,12H2. The molecule has 1 nitrogen and oxygen atoms in total. The van der Waals surface area contributed by atoms with Gasteiger partial charge in [0.1, 0.15) is 0 Å². The molecule has 1 heteroatoms. The average molecular weight is 165 g/mol. The van der Waals surface area contributed by atoms with E-state index in [-0.39, 0.29) is 0 Å². The van der Waals surface area contributed by atoms with E-state index < -0.39 is 0 Å². The highest BCUT2D eigenvalue weighted by Crippen LogP contribution is 2.57. The summed E-state index contributed by atoms with van der Waals surface area (Å²) in [5, 5.41) is 0. The molecular weight excluding hydrogens is 146 g/mol. The predicted molar refractivity (Wildman–Crippen MR) is 49.6 cm³/mol. The average Bonchev–Trinajstić information content (AvgIpc) is 2.17. The maximum absolute atomic E-state index is 5.82. The third-order valence-electron chi connectivity index (χ3n) is 4.87. The van der Waals surface area contributed by atoms with E-state index in [1.165, 1.54) is 19.3 Å². The summed E-state index contributed by atoms with van der Waals surface area (Å²) in [6.07, 6.45) is 7.65. The minimum atomic E-state index is 0.908. The number of nitrogens with two attached hydrogens (primary N) is 1. The lowest BCUT2D eigenvalue weighted by Gasteiger charge is -2.56. The maximum atomic E-state index is 5.82. The Morgan fingerprint density at radius 2 is 1.75 bits per heavy atom. The normalized spacial score (nSPS) is 56.2. The Labute approximate surface area is 74.7 Å². The van der Waals surface area contributed by atoms with Crippen LogP contribution < -0.4 is 5.73 Å². The molecule has 5 aliphatic carbocycles. The van der Waals surface area contributed by atoms with E-state index >= 15 is 0 Å². The molecule has 68 valence electrons. The largest absolute Gasteiger partial charge is 0.330 e. The minimum absolute atomic E-state index is 0.908. The zero-order valence-electron chi connectivity index (χ0n) is 7.71. The molecule has 5 atom stereocenters. The Morgan fingerprint density at radius 1 is 0.917 bits per heavy atom. The molecule has 5 aliphatic rings. The Bertz CT molecular complexity index is 187. The summed E-state index contributed by atoms with van der Waals surface area (Å²) in [6, 6.07) is 0. The van der Waals surface area contributed by atoms with Crippen molar-refractivity contribution in [3.8, 4) is 0 Å². The fraction of sp³-hybridized carbons (Fsp3) is 1.00. The van der Waals surface area contributed by atoms with Gasteiger partial charge in [-0.3, -0.25) is 0 Å². The van der Waals surface area contributed by atoms with E-state index in [4.69, 9.17) is 5.73 Å². The van der Waals surface area contributed by atoms with Crippen LogP contribution in [0, 0.1) is 29.6 Å². The van der Waals surface area contributed by atoms with Gasteiger partial charge in [-0.15, -0.1) is 0 Å². The first-order valence-corrected chi connectivity index (χ1v) is 5.58. The fourth-order valence-electron chi connectivity index (χ4n) is 4.30. The number of hydrogen-bond acceptors (Lipinski definition) is 1. The van der Waals surface area contributed by atoms with Crippen LogP contribution in [-0.4, -0.2) is 6.54 Å². The summed E-state index contributed by atoms with van der Waals surface area (Å²) in [7, 11) is 0. The first-order valence-electron chi connectivity index (χ1n) is 5.58. The summed E-state index contributed by atoms with van der Waals surface area (Å²) in [4.78, 5) is 0.